The molecule has 1 aliphatic heterocycles. The number of hydrogen-bond acceptors (Lipinski definition) is 4. The first-order valence-corrected chi connectivity index (χ1v) is 12.6. The van der Waals surface area contributed by atoms with E-state index in [0.29, 0.717) is 22.2 Å². The van der Waals surface area contributed by atoms with Crippen LogP contribution >= 0.6 is 12.2 Å². The molecule has 0 unspecified atom stereocenters. The van der Waals surface area contributed by atoms with Crippen molar-refractivity contribution < 1.29 is 13.9 Å². The van der Waals surface area contributed by atoms with Crippen LogP contribution in [0.25, 0.3) is 5.69 Å². The van der Waals surface area contributed by atoms with Crippen LogP contribution in [0.5, 0.6) is 5.75 Å². The predicted molar refractivity (Wildman–Crippen MR) is 150 cm³/mol. The van der Waals surface area contributed by atoms with Crippen LogP contribution in [-0.2, 0) is 4.79 Å². The van der Waals surface area contributed by atoms with Crippen molar-refractivity contribution in [2.75, 3.05) is 17.3 Å². The minimum atomic E-state index is -0.303. The maximum Gasteiger partial charge on any atom is 0.221 e. The number of anilines is 2. The zero-order valence-electron chi connectivity index (χ0n) is 21.5. The fourth-order valence-electron chi connectivity index (χ4n) is 5.17. The number of carbonyl (C=O) groups is 1. The summed E-state index contributed by atoms with van der Waals surface area (Å²) in [5, 5.41) is 6.81. The Labute approximate surface area is 226 Å². The van der Waals surface area contributed by atoms with Gasteiger partial charge in [-0.05, 0) is 80.2 Å². The third-order valence-corrected chi connectivity index (χ3v) is 7.07. The number of nitrogens with one attached hydrogen (secondary N) is 2. The minimum Gasteiger partial charge on any atom is -0.495 e. The van der Waals surface area contributed by atoms with Crippen molar-refractivity contribution in [3.63, 3.8) is 0 Å². The van der Waals surface area contributed by atoms with Gasteiger partial charge >= 0.3 is 0 Å². The van der Waals surface area contributed by atoms with E-state index < -0.39 is 0 Å². The minimum absolute atomic E-state index is 0.209. The molecule has 9 heteroatoms. The van der Waals surface area contributed by atoms with Gasteiger partial charge in [-0.15, -0.1) is 0 Å². The highest BCUT2D eigenvalue weighted by atomic mass is 32.1. The number of pyridine rings is 1. The molecule has 0 saturated carbocycles. The quantitative estimate of drug-likeness (QED) is 0.309. The maximum atomic E-state index is 14.9. The van der Waals surface area contributed by atoms with Gasteiger partial charge in [0.15, 0.2) is 5.11 Å². The molecule has 1 amide bonds. The summed E-state index contributed by atoms with van der Waals surface area (Å²) < 4.78 is 22.3. The number of rotatable bonds is 6. The molecule has 2 atom stereocenters. The predicted octanol–water partition coefficient (Wildman–Crippen LogP) is 5.77. The van der Waals surface area contributed by atoms with Crippen molar-refractivity contribution in [1.82, 2.24) is 14.9 Å². The molecule has 194 valence electrons. The zero-order valence-corrected chi connectivity index (χ0v) is 22.3. The standard InChI is InChI=1S/C29H28FN5O2S/c1-17-15-21(18(2)34(17)25-11-6-5-9-22(25)30)28-27(23-10-7-8-14-31-23)33-29(38)35(28)20-12-13-26(37-4)24(16-20)32-19(3)36/h5-16,27-28H,1-4H3,(H,32,36)(H,33,38)/t27-,28-/m0/s1. The molecular formula is C29H28FN5O2S. The molecule has 0 radical (unpaired) electrons. The van der Waals surface area contributed by atoms with Gasteiger partial charge in [-0.1, -0.05) is 18.2 Å². The molecule has 38 heavy (non-hydrogen) atoms. The number of nitrogens with zero attached hydrogens (tertiary/aromatic N) is 3. The lowest BCUT2D eigenvalue weighted by Crippen LogP contribution is -2.29. The van der Waals surface area contributed by atoms with Gasteiger partial charge in [0, 0.05) is 30.2 Å². The Morgan fingerprint density at radius 2 is 1.87 bits per heavy atom. The first-order valence-electron chi connectivity index (χ1n) is 12.2. The molecule has 2 N–H and O–H groups in total. The molecular weight excluding hydrogens is 501 g/mol. The number of aryl methyl sites for hydroxylation is 1. The number of hydrogen-bond donors (Lipinski definition) is 2. The number of carbonyl (C=O) groups excluding carboxylic acids is 1. The molecule has 2 aromatic heterocycles. The zero-order chi connectivity index (χ0) is 27.0. The largest absolute Gasteiger partial charge is 0.495 e. The Morgan fingerprint density at radius 3 is 2.55 bits per heavy atom. The molecule has 0 bridgehead atoms. The Kier molecular flexibility index (Phi) is 6.86. The third kappa shape index (κ3) is 4.50. The first kappa shape index (κ1) is 25.4. The van der Waals surface area contributed by atoms with Crippen molar-refractivity contribution in [1.29, 1.82) is 0 Å². The maximum absolute atomic E-state index is 14.9. The van der Waals surface area contributed by atoms with Gasteiger partial charge in [0.05, 0.1) is 36.3 Å². The number of benzene rings is 2. The summed E-state index contributed by atoms with van der Waals surface area (Å²) in [5.74, 6) is 0.0330. The van der Waals surface area contributed by atoms with Gasteiger partial charge in [-0.3, -0.25) is 9.78 Å². The van der Waals surface area contributed by atoms with Crippen LogP contribution in [-0.4, -0.2) is 27.7 Å². The highest BCUT2D eigenvalue weighted by Gasteiger charge is 2.42. The number of ether oxygens (including phenoxy) is 1. The van der Waals surface area contributed by atoms with E-state index in [1.54, 1.807) is 31.5 Å². The van der Waals surface area contributed by atoms with Gasteiger partial charge in [0.2, 0.25) is 5.91 Å². The second-order valence-corrected chi connectivity index (χ2v) is 9.56. The molecule has 5 rings (SSSR count). The smallest absolute Gasteiger partial charge is 0.221 e. The number of amides is 1. The Hall–Kier alpha value is -4.24. The van der Waals surface area contributed by atoms with Crippen molar-refractivity contribution in [2.45, 2.75) is 32.9 Å². The lowest BCUT2D eigenvalue weighted by Gasteiger charge is -2.29. The average molecular weight is 530 g/mol. The molecule has 1 aliphatic rings. The highest BCUT2D eigenvalue weighted by molar-refractivity contribution is 7.80. The Bertz CT molecular complexity index is 1520. The van der Waals surface area contributed by atoms with Gasteiger partial charge in [0.25, 0.3) is 0 Å². The lowest BCUT2D eigenvalue weighted by molar-refractivity contribution is -0.114. The lowest BCUT2D eigenvalue weighted by atomic mass is 9.96. The molecule has 2 aromatic carbocycles. The van der Waals surface area contributed by atoms with Gasteiger partial charge in [-0.25, -0.2) is 4.39 Å². The van der Waals surface area contributed by atoms with E-state index in [2.05, 4.69) is 21.7 Å². The summed E-state index contributed by atoms with van der Waals surface area (Å²) in [6.45, 7) is 5.40. The molecule has 1 fully saturated rings. The molecule has 0 spiro atoms. The van der Waals surface area contributed by atoms with Gasteiger partial charge in [0.1, 0.15) is 11.6 Å². The Balaban J connectivity index is 1.69. The fraction of sp³-hybridized carbons (Fsp3) is 0.207. The second kappa shape index (κ2) is 10.3. The number of thiocarbonyl (C=S) groups is 1. The molecule has 3 heterocycles. The number of halogens is 1. The second-order valence-electron chi connectivity index (χ2n) is 9.18. The molecule has 4 aromatic rings. The SMILES string of the molecule is COc1ccc(N2C(=S)N[C@@H](c3ccccn3)[C@@H]2c2cc(C)n(-c3ccccc3F)c2C)cc1NC(C)=O. The number of aromatic nitrogens is 2. The summed E-state index contributed by atoms with van der Waals surface area (Å²) in [5.41, 5.74) is 5.39. The van der Waals surface area contributed by atoms with Crippen LogP contribution in [0.4, 0.5) is 15.8 Å². The Morgan fingerprint density at radius 1 is 1.11 bits per heavy atom. The van der Waals surface area contributed by atoms with Crippen LogP contribution in [0, 0.1) is 19.7 Å². The molecule has 0 aliphatic carbocycles. The van der Waals surface area contributed by atoms with Gasteiger partial charge in [-0.2, -0.15) is 0 Å². The number of methoxy groups -OCH3 is 1. The van der Waals surface area contributed by atoms with E-state index in [1.165, 1.54) is 13.0 Å². The van der Waals surface area contributed by atoms with Crippen LogP contribution in [0.15, 0.2) is 72.9 Å². The van der Waals surface area contributed by atoms with E-state index in [9.17, 15) is 9.18 Å². The highest BCUT2D eigenvalue weighted by Crippen LogP contribution is 2.45. The molecule has 7 nitrogen and oxygen atoms in total. The monoisotopic (exact) mass is 529 g/mol. The van der Waals surface area contributed by atoms with Crippen LogP contribution in [0.1, 0.15) is 41.7 Å². The first-order chi connectivity index (χ1) is 18.3. The van der Waals surface area contributed by atoms with E-state index in [1.807, 2.05) is 59.7 Å². The number of para-hydroxylation sites is 1. The van der Waals surface area contributed by atoms with Crippen molar-refractivity contribution >= 4 is 34.6 Å². The van der Waals surface area contributed by atoms with E-state index >= 15 is 0 Å². The van der Waals surface area contributed by atoms with E-state index in [0.717, 1.165) is 28.3 Å². The summed E-state index contributed by atoms with van der Waals surface area (Å²) >= 11 is 5.87. The molecule has 1 saturated heterocycles. The summed E-state index contributed by atoms with van der Waals surface area (Å²) in [4.78, 5) is 18.5. The topological polar surface area (TPSA) is 71.4 Å². The van der Waals surface area contributed by atoms with Crippen molar-refractivity contribution in [2.24, 2.45) is 0 Å². The normalized spacial score (nSPS) is 16.9. The van der Waals surface area contributed by atoms with E-state index in [-0.39, 0.29) is 23.8 Å². The van der Waals surface area contributed by atoms with Gasteiger partial charge < -0.3 is 24.8 Å². The van der Waals surface area contributed by atoms with Crippen LogP contribution < -0.4 is 20.3 Å². The van der Waals surface area contributed by atoms with E-state index in [4.69, 9.17) is 17.0 Å². The van der Waals surface area contributed by atoms with Crippen molar-refractivity contribution in [3.8, 4) is 11.4 Å². The fourth-order valence-corrected chi connectivity index (χ4v) is 5.52. The van der Waals surface area contributed by atoms with Crippen molar-refractivity contribution in [3.05, 3.63) is 101 Å². The van der Waals surface area contributed by atoms with Crippen LogP contribution in [0.3, 0.4) is 0 Å². The summed E-state index contributed by atoms with van der Waals surface area (Å²) in [6.07, 6.45) is 1.75. The van der Waals surface area contributed by atoms with Crippen LogP contribution in [0.2, 0.25) is 0 Å². The summed E-state index contributed by atoms with van der Waals surface area (Å²) in [7, 11) is 1.56. The average Bonchev–Trinajstić information content (AvgIpc) is 3.39. The summed E-state index contributed by atoms with van der Waals surface area (Å²) in [6, 6.07) is 19.6. The third-order valence-electron chi connectivity index (χ3n) is 6.75.